The topological polar surface area (TPSA) is 100 Å². The molecular formula is C18H26N4O3. The summed E-state index contributed by atoms with van der Waals surface area (Å²) in [4.78, 5) is 11.9. The zero-order chi connectivity index (χ0) is 18.3. The Kier molecular flexibility index (Phi) is 6.66. The summed E-state index contributed by atoms with van der Waals surface area (Å²) < 4.78 is 1.79. The molecule has 0 radical (unpaired) electrons. The number of amides is 1. The van der Waals surface area contributed by atoms with E-state index in [2.05, 4.69) is 27.8 Å². The van der Waals surface area contributed by atoms with Crippen LogP contribution < -0.4 is 5.32 Å². The molecule has 1 aromatic carbocycles. The van der Waals surface area contributed by atoms with E-state index in [1.807, 2.05) is 24.4 Å². The van der Waals surface area contributed by atoms with Crippen molar-refractivity contribution in [3.05, 3.63) is 47.8 Å². The number of nitrogens with one attached hydrogen (secondary N) is 1. The van der Waals surface area contributed by atoms with Crippen LogP contribution in [0.5, 0.6) is 0 Å². The van der Waals surface area contributed by atoms with Crippen molar-refractivity contribution in [2.24, 2.45) is 5.41 Å². The second kappa shape index (κ2) is 8.73. The van der Waals surface area contributed by atoms with Crippen LogP contribution in [0.2, 0.25) is 0 Å². The summed E-state index contributed by atoms with van der Waals surface area (Å²) in [6.07, 6.45) is 2.02. The number of carbonyl (C=O) groups is 1. The third-order valence-electron chi connectivity index (χ3n) is 4.13. The van der Waals surface area contributed by atoms with Gasteiger partial charge in [-0.3, -0.25) is 9.48 Å². The van der Waals surface area contributed by atoms with Gasteiger partial charge in [-0.1, -0.05) is 49.4 Å². The first-order valence-electron chi connectivity index (χ1n) is 8.42. The predicted molar refractivity (Wildman–Crippen MR) is 93.8 cm³/mol. The molecule has 0 aliphatic heterocycles. The molecule has 1 heterocycles. The monoisotopic (exact) mass is 346 g/mol. The van der Waals surface area contributed by atoms with Crippen LogP contribution in [0.3, 0.4) is 0 Å². The third kappa shape index (κ3) is 5.65. The van der Waals surface area contributed by atoms with Crippen LogP contribution in [-0.4, -0.2) is 50.4 Å². The predicted octanol–water partition coefficient (Wildman–Crippen LogP) is 0.559. The first kappa shape index (κ1) is 19.1. The lowest BCUT2D eigenvalue weighted by atomic mass is 9.87. The molecule has 1 amide bonds. The number of aromatic nitrogens is 3. The second-order valence-corrected chi connectivity index (χ2v) is 6.80. The summed E-state index contributed by atoms with van der Waals surface area (Å²) in [6.45, 7) is 4.10. The molecule has 0 unspecified atom stereocenters. The SMILES string of the molecule is CC(C)(CO)[C@@H](O)C(=O)NCCc1cn(CCc2ccccc2)nn1. The van der Waals surface area contributed by atoms with Crippen molar-refractivity contribution >= 4 is 5.91 Å². The molecule has 0 aliphatic rings. The van der Waals surface area contributed by atoms with E-state index in [4.69, 9.17) is 0 Å². The molecule has 0 spiro atoms. The number of carbonyl (C=O) groups excluding carboxylic acids is 1. The Hall–Kier alpha value is -2.25. The van der Waals surface area contributed by atoms with Crippen molar-refractivity contribution in [2.45, 2.75) is 39.3 Å². The number of benzene rings is 1. The van der Waals surface area contributed by atoms with Crippen LogP contribution in [0.4, 0.5) is 0 Å². The van der Waals surface area contributed by atoms with Crippen molar-refractivity contribution in [1.29, 1.82) is 0 Å². The number of nitrogens with zero attached hydrogens (tertiary/aromatic N) is 3. The molecule has 3 N–H and O–H groups in total. The summed E-state index contributed by atoms with van der Waals surface area (Å²) in [7, 11) is 0. The molecule has 7 heteroatoms. The Bertz CT molecular complexity index is 670. The molecule has 2 aromatic rings. The summed E-state index contributed by atoms with van der Waals surface area (Å²) in [6, 6.07) is 10.2. The van der Waals surface area contributed by atoms with E-state index in [1.54, 1.807) is 18.5 Å². The molecule has 136 valence electrons. The molecule has 25 heavy (non-hydrogen) atoms. The van der Waals surface area contributed by atoms with E-state index < -0.39 is 17.4 Å². The van der Waals surface area contributed by atoms with Crippen LogP contribution >= 0.6 is 0 Å². The van der Waals surface area contributed by atoms with Crippen LogP contribution in [-0.2, 0) is 24.2 Å². The van der Waals surface area contributed by atoms with E-state index in [9.17, 15) is 15.0 Å². The van der Waals surface area contributed by atoms with Gasteiger partial charge in [0.15, 0.2) is 0 Å². The Labute approximate surface area is 147 Å². The molecule has 0 fully saturated rings. The molecular weight excluding hydrogens is 320 g/mol. The van der Waals surface area contributed by atoms with Crippen molar-refractivity contribution in [3.63, 3.8) is 0 Å². The number of hydrogen-bond donors (Lipinski definition) is 3. The number of hydrogen-bond acceptors (Lipinski definition) is 5. The van der Waals surface area contributed by atoms with Gasteiger partial charge in [0.2, 0.25) is 5.91 Å². The number of aliphatic hydroxyl groups is 2. The summed E-state index contributed by atoms with van der Waals surface area (Å²) >= 11 is 0. The highest BCUT2D eigenvalue weighted by Crippen LogP contribution is 2.19. The molecule has 0 saturated carbocycles. The number of aliphatic hydroxyl groups excluding tert-OH is 2. The number of rotatable bonds is 9. The van der Waals surface area contributed by atoms with Crippen LogP contribution in [0.15, 0.2) is 36.5 Å². The maximum absolute atomic E-state index is 11.9. The van der Waals surface area contributed by atoms with Gasteiger partial charge in [0.25, 0.3) is 0 Å². The average Bonchev–Trinajstić information content (AvgIpc) is 3.08. The highest BCUT2D eigenvalue weighted by Gasteiger charge is 2.32. The van der Waals surface area contributed by atoms with Crippen molar-refractivity contribution in [2.75, 3.05) is 13.2 Å². The van der Waals surface area contributed by atoms with Gasteiger partial charge in [-0.25, -0.2) is 0 Å². The van der Waals surface area contributed by atoms with Gasteiger partial charge >= 0.3 is 0 Å². The minimum atomic E-state index is -1.25. The number of aryl methyl sites for hydroxylation is 2. The first-order chi connectivity index (χ1) is 11.9. The Morgan fingerprint density at radius 1 is 1.28 bits per heavy atom. The summed E-state index contributed by atoms with van der Waals surface area (Å²) in [5.41, 5.74) is 1.15. The van der Waals surface area contributed by atoms with Crippen LogP contribution in [0.1, 0.15) is 25.1 Å². The maximum Gasteiger partial charge on any atom is 0.249 e. The first-order valence-corrected chi connectivity index (χ1v) is 8.42. The minimum Gasteiger partial charge on any atom is -0.396 e. The largest absolute Gasteiger partial charge is 0.396 e. The second-order valence-electron chi connectivity index (χ2n) is 6.80. The Morgan fingerprint density at radius 2 is 2.00 bits per heavy atom. The van der Waals surface area contributed by atoms with Crippen molar-refractivity contribution in [1.82, 2.24) is 20.3 Å². The zero-order valence-corrected chi connectivity index (χ0v) is 14.7. The standard InChI is InChI=1S/C18H26N4O3/c1-18(2,13-23)16(24)17(25)19-10-8-15-12-22(21-20-15)11-9-14-6-4-3-5-7-14/h3-7,12,16,23-24H,8-11,13H2,1-2H3,(H,19,25)/t16-/m0/s1. The smallest absolute Gasteiger partial charge is 0.249 e. The van der Waals surface area contributed by atoms with Gasteiger partial charge in [0.1, 0.15) is 6.10 Å². The van der Waals surface area contributed by atoms with E-state index in [0.717, 1.165) is 18.7 Å². The zero-order valence-electron chi connectivity index (χ0n) is 14.7. The van der Waals surface area contributed by atoms with Crippen molar-refractivity contribution < 1.29 is 15.0 Å². The van der Waals surface area contributed by atoms with Gasteiger partial charge in [0.05, 0.1) is 12.3 Å². The Balaban J connectivity index is 1.75. The van der Waals surface area contributed by atoms with Gasteiger partial charge in [-0.2, -0.15) is 0 Å². The lowest BCUT2D eigenvalue weighted by Gasteiger charge is -2.27. The highest BCUT2D eigenvalue weighted by atomic mass is 16.3. The van der Waals surface area contributed by atoms with Crippen LogP contribution in [0, 0.1) is 5.41 Å². The molecule has 1 aromatic heterocycles. The van der Waals surface area contributed by atoms with Gasteiger partial charge < -0.3 is 15.5 Å². The highest BCUT2D eigenvalue weighted by molar-refractivity contribution is 5.81. The van der Waals surface area contributed by atoms with E-state index >= 15 is 0 Å². The molecule has 2 rings (SSSR count). The van der Waals surface area contributed by atoms with Gasteiger partial charge in [0, 0.05) is 31.1 Å². The average molecular weight is 346 g/mol. The van der Waals surface area contributed by atoms with Gasteiger partial charge in [-0.05, 0) is 12.0 Å². The molecule has 0 bridgehead atoms. The quantitative estimate of drug-likeness (QED) is 0.616. The molecule has 0 saturated heterocycles. The summed E-state index contributed by atoms with van der Waals surface area (Å²) in [5.74, 6) is -0.490. The lowest BCUT2D eigenvalue weighted by Crippen LogP contribution is -2.46. The fourth-order valence-electron chi connectivity index (χ4n) is 2.30. The fraction of sp³-hybridized carbons (Fsp3) is 0.500. The molecule has 1 atom stereocenters. The van der Waals surface area contributed by atoms with Gasteiger partial charge in [-0.15, -0.1) is 5.10 Å². The lowest BCUT2D eigenvalue weighted by molar-refractivity contribution is -0.137. The minimum absolute atomic E-state index is 0.267. The van der Waals surface area contributed by atoms with E-state index in [1.165, 1.54) is 5.56 Å². The Morgan fingerprint density at radius 3 is 2.68 bits per heavy atom. The molecule has 0 aliphatic carbocycles. The van der Waals surface area contributed by atoms with Crippen molar-refractivity contribution in [3.8, 4) is 0 Å². The third-order valence-corrected chi connectivity index (χ3v) is 4.13. The molecule has 7 nitrogen and oxygen atoms in total. The van der Waals surface area contributed by atoms with E-state index in [-0.39, 0.29) is 6.61 Å². The van der Waals surface area contributed by atoms with Crippen LogP contribution in [0.25, 0.3) is 0 Å². The summed E-state index contributed by atoms with van der Waals surface area (Å²) in [5, 5.41) is 30.0. The normalized spacial score (nSPS) is 12.8. The fourth-order valence-corrected chi connectivity index (χ4v) is 2.30. The van der Waals surface area contributed by atoms with E-state index in [0.29, 0.717) is 13.0 Å². The maximum atomic E-state index is 11.9.